The quantitative estimate of drug-likeness (QED) is 0.912. The number of fused-ring (bicyclic) bond motifs is 1. The molecular weight excluding hydrogens is 248 g/mol. The zero-order valence-corrected chi connectivity index (χ0v) is 12.5. The molecule has 0 saturated carbocycles. The van der Waals surface area contributed by atoms with Crippen LogP contribution in [-0.2, 0) is 11.2 Å². The second-order valence-electron chi connectivity index (χ2n) is 6.18. The third kappa shape index (κ3) is 3.40. The molecule has 1 N–H and O–H groups in total. The lowest BCUT2D eigenvalue weighted by molar-refractivity contribution is 0.0190. The Labute approximate surface area is 122 Å². The van der Waals surface area contributed by atoms with Gasteiger partial charge in [0.1, 0.15) is 0 Å². The number of hydrogen-bond acceptors (Lipinski definition) is 3. The van der Waals surface area contributed by atoms with Crippen LogP contribution in [0.5, 0.6) is 0 Å². The van der Waals surface area contributed by atoms with E-state index >= 15 is 0 Å². The molecule has 0 spiro atoms. The van der Waals surface area contributed by atoms with E-state index in [0.717, 1.165) is 26.1 Å². The SMILES string of the molecule is CN(CC1CCCCN1)CC1OCCc2ccccc21. The van der Waals surface area contributed by atoms with Gasteiger partial charge in [-0.05, 0) is 44.0 Å². The van der Waals surface area contributed by atoms with Gasteiger partial charge in [-0.25, -0.2) is 0 Å². The summed E-state index contributed by atoms with van der Waals surface area (Å²) in [5, 5.41) is 3.62. The average Bonchev–Trinajstić information content (AvgIpc) is 2.48. The van der Waals surface area contributed by atoms with Crippen molar-refractivity contribution in [1.82, 2.24) is 10.2 Å². The summed E-state index contributed by atoms with van der Waals surface area (Å²) < 4.78 is 6.00. The van der Waals surface area contributed by atoms with Gasteiger partial charge in [0.05, 0.1) is 12.7 Å². The fraction of sp³-hybridized carbons (Fsp3) is 0.647. The lowest BCUT2D eigenvalue weighted by Gasteiger charge is -2.32. The molecule has 2 atom stereocenters. The van der Waals surface area contributed by atoms with E-state index in [1.165, 1.54) is 36.9 Å². The molecule has 2 heterocycles. The summed E-state index contributed by atoms with van der Waals surface area (Å²) in [7, 11) is 2.22. The van der Waals surface area contributed by atoms with Crippen LogP contribution in [0.15, 0.2) is 24.3 Å². The summed E-state index contributed by atoms with van der Waals surface area (Å²) in [4.78, 5) is 2.43. The van der Waals surface area contributed by atoms with Crippen molar-refractivity contribution in [2.75, 3.05) is 33.3 Å². The topological polar surface area (TPSA) is 24.5 Å². The van der Waals surface area contributed by atoms with Gasteiger partial charge in [0.2, 0.25) is 0 Å². The van der Waals surface area contributed by atoms with Crippen LogP contribution in [0.4, 0.5) is 0 Å². The summed E-state index contributed by atoms with van der Waals surface area (Å²) in [6.45, 7) is 4.16. The van der Waals surface area contributed by atoms with Crippen LogP contribution >= 0.6 is 0 Å². The fourth-order valence-corrected chi connectivity index (χ4v) is 3.44. The van der Waals surface area contributed by atoms with E-state index in [-0.39, 0.29) is 6.10 Å². The number of nitrogens with zero attached hydrogens (tertiary/aromatic N) is 1. The summed E-state index contributed by atoms with van der Waals surface area (Å²) in [5.41, 5.74) is 2.86. The maximum absolute atomic E-state index is 6.00. The molecule has 1 fully saturated rings. The van der Waals surface area contributed by atoms with Gasteiger partial charge in [-0.2, -0.15) is 0 Å². The minimum atomic E-state index is 0.244. The van der Waals surface area contributed by atoms with Crippen LogP contribution in [0.2, 0.25) is 0 Å². The van der Waals surface area contributed by atoms with Crippen molar-refractivity contribution in [3.05, 3.63) is 35.4 Å². The standard InChI is InChI=1S/C17H26N2O/c1-19(12-15-7-4-5-10-18-15)13-17-16-8-3-2-6-14(16)9-11-20-17/h2-3,6,8,15,17-18H,4-5,7,9-13H2,1H3. The smallest absolute Gasteiger partial charge is 0.0954 e. The van der Waals surface area contributed by atoms with Gasteiger partial charge in [0.25, 0.3) is 0 Å². The molecule has 0 radical (unpaired) electrons. The Kier molecular flexibility index (Phi) is 4.71. The molecule has 1 aromatic carbocycles. The van der Waals surface area contributed by atoms with Crippen LogP contribution < -0.4 is 5.32 Å². The van der Waals surface area contributed by atoms with Crippen LogP contribution in [0, 0.1) is 0 Å². The van der Waals surface area contributed by atoms with E-state index in [2.05, 4.69) is 41.5 Å². The van der Waals surface area contributed by atoms with Crippen molar-refractivity contribution in [3.8, 4) is 0 Å². The van der Waals surface area contributed by atoms with Crippen LogP contribution in [0.1, 0.15) is 36.5 Å². The Balaban J connectivity index is 1.57. The van der Waals surface area contributed by atoms with Crippen molar-refractivity contribution in [2.45, 2.75) is 37.8 Å². The highest BCUT2D eigenvalue weighted by Gasteiger charge is 2.23. The predicted octanol–water partition coefficient (Wildman–Crippen LogP) is 2.37. The van der Waals surface area contributed by atoms with E-state index in [9.17, 15) is 0 Å². The first-order chi connectivity index (χ1) is 9.83. The molecule has 2 aliphatic heterocycles. The molecule has 20 heavy (non-hydrogen) atoms. The Morgan fingerprint density at radius 1 is 1.25 bits per heavy atom. The van der Waals surface area contributed by atoms with Gasteiger partial charge in [0.15, 0.2) is 0 Å². The molecule has 3 rings (SSSR count). The summed E-state index contributed by atoms with van der Waals surface area (Å²) in [6, 6.07) is 9.40. The third-order valence-electron chi connectivity index (χ3n) is 4.51. The fourth-order valence-electron chi connectivity index (χ4n) is 3.44. The Morgan fingerprint density at radius 2 is 2.15 bits per heavy atom. The number of nitrogens with one attached hydrogen (secondary N) is 1. The van der Waals surface area contributed by atoms with E-state index < -0.39 is 0 Å². The van der Waals surface area contributed by atoms with Crippen LogP contribution in [0.3, 0.4) is 0 Å². The van der Waals surface area contributed by atoms with Crippen molar-refractivity contribution >= 4 is 0 Å². The lowest BCUT2D eigenvalue weighted by Crippen LogP contribution is -2.43. The van der Waals surface area contributed by atoms with Crippen molar-refractivity contribution in [2.24, 2.45) is 0 Å². The minimum absolute atomic E-state index is 0.244. The van der Waals surface area contributed by atoms with Crippen LogP contribution in [-0.4, -0.2) is 44.2 Å². The van der Waals surface area contributed by atoms with Gasteiger partial charge in [-0.15, -0.1) is 0 Å². The lowest BCUT2D eigenvalue weighted by atomic mass is 9.97. The molecule has 0 aliphatic carbocycles. The zero-order valence-electron chi connectivity index (χ0n) is 12.5. The first-order valence-corrected chi connectivity index (χ1v) is 7.94. The second-order valence-corrected chi connectivity index (χ2v) is 6.18. The van der Waals surface area contributed by atoms with Gasteiger partial charge in [-0.1, -0.05) is 30.7 Å². The molecular formula is C17H26N2O. The van der Waals surface area contributed by atoms with Crippen molar-refractivity contribution in [3.63, 3.8) is 0 Å². The number of likely N-dealkylation sites (N-methyl/N-ethyl adjacent to an activating group) is 1. The van der Waals surface area contributed by atoms with Crippen molar-refractivity contribution in [1.29, 1.82) is 0 Å². The molecule has 0 bridgehead atoms. The largest absolute Gasteiger partial charge is 0.372 e. The van der Waals surface area contributed by atoms with Crippen molar-refractivity contribution < 1.29 is 4.74 Å². The number of piperidine rings is 1. The molecule has 2 aliphatic rings. The second kappa shape index (κ2) is 6.70. The summed E-state index contributed by atoms with van der Waals surface area (Å²) in [6.07, 6.45) is 5.31. The van der Waals surface area contributed by atoms with Gasteiger partial charge >= 0.3 is 0 Å². The number of rotatable bonds is 4. The first kappa shape index (κ1) is 14.1. The third-order valence-corrected chi connectivity index (χ3v) is 4.51. The Hall–Kier alpha value is -0.900. The molecule has 1 saturated heterocycles. The van der Waals surface area contributed by atoms with E-state index in [4.69, 9.17) is 4.74 Å². The Bertz CT molecular complexity index is 429. The normalized spacial score (nSPS) is 26.5. The molecule has 2 unspecified atom stereocenters. The first-order valence-electron chi connectivity index (χ1n) is 7.94. The molecule has 3 nitrogen and oxygen atoms in total. The number of ether oxygens (including phenoxy) is 1. The minimum Gasteiger partial charge on any atom is -0.372 e. The zero-order chi connectivity index (χ0) is 13.8. The van der Waals surface area contributed by atoms with E-state index in [1.54, 1.807) is 0 Å². The van der Waals surface area contributed by atoms with E-state index in [1.807, 2.05) is 0 Å². The molecule has 0 aromatic heterocycles. The molecule has 110 valence electrons. The maximum Gasteiger partial charge on any atom is 0.0954 e. The predicted molar refractivity (Wildman–Crippen MR) is 82.0 cm³/mol. The van der Waals surface area contributed by atoms with Gasteiger partial charge in [0, 0.05) is 19.1 Å². The highest BCUT2D eigenvalue weighted by molar-refractivity contribution is 5.31. The molecule has 3 heteroatoms. The van der Waals surface area contributed by atoms with E-state index in [0.29, 0.717) is 6.04 Å². The number of benzene rings is 1. The van der Waals surface area contributed by atoms with Crippen LogP contribution in [0.25, 0.3) is 0 Å². The monoisotopic (exact) mass is 274 g/mol. The highest BCUT2D eigenvalue weighted by atomic mass is 16.5. The maximum atomic E-state index is 6.00. The highest BCUT2D eigenvalue weighted by Crippen LogP contribution is 2.27. The average molecular weight is 274 g/mol. The molecule has 0 amide bonds. The van der Waals surface area contributed by atoms with Gasteiger partial charge in [-0.3, -0.25) is 0 Å². The Morgan fingerprint density at radius 3 is 3.00 bits per heavy atom. The van der Waals surface area contributed by atoms with Gasteiger partial charge < -0.3 is 15.0 Å². The summed E-state index contributed by atoms with van der Waals surface area (Å²) in [5.74, 6) is 0. The molecule has 1 aromatic rings. The number of hydrogen-bond donors (Lipinski definition) is 1. The summed E-state index contributed by atoms with van der Waals surface area (Å²) >= 11 is 0.